The fourth-order valence-corrected chi connectivity index (χ4v) is 1.91. The van der Waals surface area contributed by atoms with Gasteiger partial charge in [-0.1, -0.05) is 30.3 Å². The highest BCUT2D eigenvalue weighted by Gasteiger charge is 2.52. The number of rotatable bonds is 5. The first-order chi connectivity index (χ1) is 8.72. The minimum Gasteiger partial charge on any atom is -0.465 e. The van der Waals surface area contributed by atoms with Crippen molar-refractivity contribution in [3.63, 3.8) is 0 Å². The molecule has 2 rings (SSSR count). The van der Waals surface area contributed by atoms with Crippen LogP contribution in [0.25, 0.3) is 0 Å². The van der Waals surface area contributed by atoms with Crippen LogP contribution >= 0.6 is 0 Å². The van der Waals surface area contributed by atoms with Gasteiger partial charge in [0.2, 0.25) is 0 Å². The second kappa shape index (κ2) is 5.19. The van der Waals surface area contributed by atoms with Crippen LogP contribution in [-0.2, 0) is 9.53 Å². The van der Waals surface area contributed by atoms with E-state index in [9.17, 15) is 10.1 Å². The van der Waals surface area contributed by atoms with E-state index in [2.05, 4.69) is 11.4 Å². The van der Waals surface area contributed by atoms with Gasteiger partial charge >= 0.3 is 5.97 Å². The lowest BCUT2D eigenvalue weighted by Gasteiger charge is -2.19. The maximum absolute atomic E-state index is 11.8. The first-order valence-electron chi connectivity index (χ1n) is 6.11. The largest absolute Gasteiger partial charge is 0.465 e. The number of benzene rings is 1. The zero-order valence-corrected chi connectivity index (χ0v) is 10.3. The Morgan fingerprint density at radius 2 is 2.17 bits per heavy atom. The van der Waals surface area contributed by atoms with Gasteiger partial charge in [0.25, 0.3) is 0 Å². The van der Waals surface area contributed by atoms with Crippen LogP contribution in [0.3, 0.4) is 0 Å². The first-order valence-corrected chi connectivity index (χ1v) is 6.11. The Morgan fingerprint density at radius 1 is 1.50 bits per heavy atom. The van der Waals surface area contributed by atoms with Crippen molar-refractivity contribution in [1.29, 1.82) is 5.26 Å². The molecule has 1 aromatic rings. The number of ether oxygens (including phenoxy) is 1. The molecule has 1 unspecified atom stereocenters. The third-order valence-electron chi connectivity index (χ3n) is 3.10. The van der Waals surface area contributed by atoms with E-state index < -0.39 is 11.6 Å². The van der Waals surface area contributed by atoms with Crippen LogP contribution in [-0.4, -0.2) is 18.1 Å². The predicted molar refractivity (Wildman–Crippen MR) is 66.5 cm³/mol. The second-order valence-corrected chi connectivity index (χ2v) is 4.42. The Bertz CT molecular complexity index is 460. The van der Waals surface area contributed by atoms with Gasteiger partial charge in [0.05, 0.1) is 12.7 Å². The molecule has 1 aliphatic rings. The van der Waals surface area contributed by atoms with E-state index in [1.165, 1.54) is 0 Å². The molecule has 0 heterocycles. The van der Waals surface area contributed by atoms with Crippen LogP contribution in [0.5, 0.6) is 0 Å². The summed E-state index contributed by atoms with van der Waals surface area (Å²) >= 11 is 0. The van der Waals surface area contributed by atoms with Crippen molar-refractivity contribution in [2.24, 2.45) is 0 Å². The van der Waals surface area contributed by atoms with E-state index in [0.717, 1.165) is 18.4 Å². The monoisotopic (exact) mass is 244 g/mol. The van der Waals surface area contributed by atoms with Crippen LogP contribution in [0.2, 0.25) is 0 Å². The van der Waals surface area contributed by atoms with Crippen molar-refractivity contribution in [3.05, 3.63) is 35.9 Å². The fraction of sp³-hybridized carbons (Fsp3) is 0.429. The average Bonchev–Trinajstić information content (AvgIpc) is 3.18. The van der Waals surface area contributed by atoms with Gasteiger partial charge in [-0.05, 0) is 25.3 Å². The minimum absolute atomic E-state index is 0.249. The van der Waals surface area contributed by atoms with Crippen molar-refractivity contribution in [3.8, 4) is 6.07 Å². The average molecular weight is 244 g/mol. The molecule has 0 aromatic heterocycles. The van der Waals surface area contributed by atoms with Crippen molar-refractivity contribution >= 4 is 5.97 Å². The normalized spacial score (nSPS) is 17.6. The summed E-state index contributed by atoms with van der Waals surface area (Å²) in [6.07, 6.45) is 1.47. The van der Waals surface area contributed by atoms with Crippen molar-refractivity contribution < 1.29 is 9.53 Å². The van der Waals surface area contributed by atoms with E-state index in [4.69, 9.17) is 4.74 Å². The Morgan fingerprint density at radius 3 is 2.67 bits per heavy atom. The lowest BCUT2D eigenvalue weighted by Crippen LogP contribution is -2.42. The van der Waals surface area contributed by atoms with Gasteiger partial charge in [-0.3, -0.25) is 10.1 Å². The number of nitriles is 1. The van der Waals surface area contributed by atoms with Crippen LogP contribution in [0.1, 0.15) is 31.4 Å². The number of esters is 1. The molecule has 1 saturated carbocycles. The summed E-state index contributed by atoms with van der Waals surface area (Å²) in [7, 11) is 0. The lowest BCUT2D eigenvalue weighted by molar-refractivity contribution is -0.147. The van der Waals surface area contributed by atoms with E-state index in [1.54, 1.807) is 6.92 Å². The molecule has 0 amide bonds. The summed E-state index contributed by atoms with van der Waals surface area (Å²) in [4.78, 5) is 11.8. The minimum atomic E-state index is -0.647. The third kappa shape index (κ3) is 2.52. The summed E-state index contributed by atoms with van der Waals surface area (Å²) in [5.41, 5.74) is 0.224. The molecule has 4 heteroatoms. The van der Waals surface area contributed by atoms with Gasteiger partial charge in [-0.2, -0.15) is 5.26 Å². The van der Waals surface area contributed by atoms with Gasteiger partial charge in [-0.25, -0.2) is 0 Å². The standard InChI is InChI=1S/C14H16N2O2/c1-2-18-13(17)14(8-9-14)16-12(10-15)11-6-4-3-5-7-11/h3-7,12,16H,2,8-9H2,1H3. The van der Waals surface area contributed by atoms with Crippen LogP contribution in [0.4, 0.5) is 0 Å². The van der Waals surface area contributed by atoms with Crippen LogP contribution < -0.4 is 5.32 Å². The zero-order valence-electron chi connectivity index (χ0n) is 10.3. The van der Waals surface area contributed by atoms with E-state index in [0.29, 0.717) is 6.61 Å². The van der Waals surface area contributed by atoms with E-state index in [-0.39, 0.29) is 5.97 Å². The van der Waals surface area contributed by atoms with Gasteiger partial charge in [0, 0.05) is 0 Å². The molecule has 4 nitrogen and oxygen atoms in total. The van der Waals surface area contributed by atoms with E-state index >= 15 is 0 Å². The number of carbonyl (C=O) groups excluding carboxylic acids is 1. The number of nitrogens with one attached hydrogen (secondary N) is 1. The molecule has 1 atom stereocenters. The lowest BCUT2D eigenvalue weighted by atomic mass is 10.1. The molecule has 94 valence electrons. The first kappa shape index (κ1) is 12.6. The molecule has 0 radical (unpaired) electrons. The molecule has 0 aliphatic heterocycles. The van der Waals surface area contributed by atoms with Crippen molar-refractivity contribution in [2.45, 2.75) is 31.3 Å². The summed E-state index contributed by atoms with van der Waals surface area (Å²) in [5, 5.41) is 12.3. The second-order valence-electron chi connectivity index (χ2n) is 4.42. The molecule has 1 fully saturated rings. The molecule has 0 saturated heterocycles. The van der Waals surface area contributed by atoms with Gasteiger partial charge in [0.1, 0.15) is 11.6 Å². The summed E-state index contributed by atoms with van der Waals surface area (Å²) in [6, 6.07) is 11.1. The maximum atomic E-state index is 11.8. The summed E-state index contributed by atoms with van der Waals surface area (Å²) in [6.45, 7) is 2.15. The molecule has 1 aromatic carbocycles. The molecule has 18 heavy (non-hydrogen) atoms. The molecule has 0 bridgehead atoms. The molecule has 1 aliphatic carbocycles. The van der Waals surface area contributed by atoms with Gasteiger partial charge in [-0.15, -0.1) is 0 Å². The number of hydrogen-bond acceptors (Lipinski definition) is 4. The zero-order chi connectivity index (χ0) is 13.0. The smallest absolute Gasteiger partial charge is 0.326 e. The third-order valence-corrected chi connectivity index (χ3v) is 3.10. The number of hydrogen-bond donors (Lipinski definition) is 1. The summed E-state index contributed by atoms with van der Waals surface area (Å²) < 4.78 is 5.04. The summed E-state index contributed by atoms with van der Waals surface area (Å²) in [5.74, 6) is -0.249. The van der Waals surface area contributed by atoms with E-state index in [1.807, 2.05) is 30.3 Å². The Labute approximate surface area is 107 Å². The molecular formula is C14H16N2O2. The Hall–Kier alpha value is -1.86. The fourth-order valence-electron chi connectivity index (χ4n) is 1.91. The molecular weight excluding hydrogens is 228 g/mol. The number of nitrogens with zero attached hydrogens (tertiary/aromatic N) is 1. The van der Waals surface area contributed by atoms with Crippen LogP contribution in [0.15, 0.2) is 30.3 Å². The predicted octanol–water partition coefficient (Wildman–Crippen LogP) is 1.94. The number of carbonyl (C=O) groups is 1. The van der Waals surface area contributed by atoms with Crippen molar-refractivity contribution in [2.75, 3.05) is 6.61 Å². The highest BCUT2D eigenvalue weighted by molar-refractivity contribution is 5.84. The van der Waals surface area contributed by atoms with Gasteiger partial charge < -0.3 is 4.74 Å². The van der Waals surface area contributed by atoms with Gasteiger partial charge in [0.15, 0.2) is 0 Å². The highest BCUT2D eigenvalue weighted by atomic mass is 16.5. The molecule has 0 spiro atoms. The topological polar surface area (TPSA) is 62.1 Å². The highest BCUT2D eigenvalue weighted by Crippen LogP contribution is 2.38. The Balaban J connectivity index is 2.08. The molecule has 1 N–H and O–H groups in total. The Kier molecular flexibility index (Phi) is 3.63. The van der Waals surface area contributed by atoms with Crippen molar-refractivity contribution in [1.82, 2.24) is 5.32 Å². The maximum Gasteiger partial charge on any atom is 0.326 e. The van der Waals surface area contributed by atoms with Crippen LogP contribution in [0, 0.1) is 11.3 Å². The SMILES string of the molecule is CCOC(=O)C1(NC(C#N)c2ccccc2)CC1. The quantitative estimate of drug-likeness (QED) is 0.804.